The monoisotopic (exact) mass is 639 g/mol. The molecule has 7 heteroatoms. The SMILES string of the molecule is C=C(c1ccccc1CC(O)CCc1ccccc1C(=O)CN(CCO)C1(CC)CCCC1)N(CCN=O)C(C)(C)c1ccccc1. The van der Waals surface area contributed by atoms with Gasteiger partial charge in [0.15, 0.2) is 5.78 Å². The van der Waals surface area contributed by atoms with Crippen LogP contribution in [0.25, 0.3) is 5.70 Å². The molecule has 7 nitrogen and oxygen atoms in total. The molecule has 0 radical (unpaired) electrons. The van der Waals surface area contributed by atoms with E-state index in [-0.39, 0.29) is 24.5 Å². The number of rotatable bonds is 19. The van der Waals surface area contributed by atoms with E-state index in [0.29, 0.717) is 44.5 Å². The third-order valence-corrected chi connectivity index (χ3v) is 10.3. The molecular weight excluding hydrogens is 586 g/mol. The number of Topliss-reactive ketones (excluding diaryl/α,β-unsaturated/α-hetero) is 1. The number of nitrogens with zero attached hydrogens (tertiary/aromatic N) is 3. The molecule has 47 heavy (non-hydrogen) atoms. The molecule has 3 aromatic carbocycles. The van der Waals surface area contributed by atoms with E-state index < -0.39 is 11.6 Å². The molecule has 1 unspecified atom stereocenters. The highest BCUT2D eigenvalue weighted by molar-refractivity contribution is 5.99. The number of carbonyl (C=O) groups excluding carboxylic acids is 1. The molecule has 1 saturated carbocycles. The fraction of sp³-hybridized carbons (Fsp3) is 0.475. The summed E-state index contributed by atoms with van der Waals surface area (Å²) in [5.41, 5.74) is 4.95. The van der Waals surface area contributed by atoms with Gasteiger partial charge in [-0.3, -0.25) is 9.69 Å². The molecule has 0 aromatic heterocycles. The van der Waals surface area contributed by atoms with Crippen LogP contribution >= 0.6 is 0 Å². The summed E-state index contributed by atoms with van der Waals surface area (Å²) in [6.07, 6.45) is 6.29. The summed E-state index contributed by atoms with van der Waals surface area (Å²) in [5, 5.41) is 24.3. The van der Waals surface area contributed by atoms with Crippen LogP contribution in [-0.4, -0.2) is 70.2 Å². The summed E-state index contributed by atoms with van der Waals surface area (Å²) in [6.45, 7) is 12.3. The van der Waals surface area contributed by atoms with Gasteiger partial charge in [-0.1, -0.05) is 110 Å². The second-order valence-corrected chi connectivity index (χ2v) is 13.4. The van der Waals surface area contributed by atoms with Crippen LogP contribution in [0.3, 0.4) is 0 Å². The lowest BCUT2D eigenvalue weighted by atomic mass is 9.89. The van der Waals surface area contributed by atoms with Crippen LogP contribution < -0.4 is 0 Å². The average Bonchev–Trinajstić information content (AvgIpc) is 3.58. The molecule has 0 saturated heterocycles. The third-order valence-electron chi connectivity index (χ3n) is 10.3. The molecule has 1 atom stereocenters. The fourth-order valence-corrected chi connectivity index (χ4v) is 7.50. The molecule has 0 bridgehead atoms. The van der Waals surface area contributed by atoms with Gasteiger partial charge < -0.3 is 15.1 Å². The van der Waals surface area contributed by atoms with Crippen LogP contribution in [0.1, 0.15) is 91.9 Å². The van der Waals surface area contributed by atoms with Crippen molar-refractivity contribution in [2.45, 2.75) is 89.3 Å². The quantitative estimate of drug-likeness (QED) is 0.105. The minimum Gasteiger partial charge on any atom is -0.395 e. The van der Waals surface area contributed by atoms with Crippen molar-refractivity contribution in [2.75, 3.05) is 32.8 Å². The molecule has 252 valence electrons. The molecule has 0 amide bonds. The lowest BCUT2D eigenvalue weighted by Crippen LogP contribution is -2.50. The molecule has 1 fully saturated rings. The Hall–Kier alpha value is -3.65. The zero-order valence-corrected chi connectivity index (χ0v) is 28.5. The first-order valence-corrected chi connectivity index (χ1v) is 17.2. The topological polar surface area (TPSA) is 93.4 Å². The van der Waals surface area contributed by atoms with Crippen molar-refractivity contribution in [3.63, 3.8) is 0 Å². The number of ketones is 1. The van der Waals surface area contributed by atoms with Gasteiger partial charge in [-0.25, -0.2) is 0 Å². The lowest BCUT2D eigenvalue weighted by molar-refractivity contribution is 0.0567. The van der Waals surface area contributed by atoms with E-state index in [0.717, 1.165) is 60.1 Å². The fourth-order valence-electron chi connectivity index (χ4n) is 7.50. The van der Waals surface area contributed by atoms with Gasteiger partial charge in [0.05, 0.1) is 31.3 Å². The maximum Gasteiger partial charge on any atom is 0.177 e. The molecule has 0 spiro atoms. The van der Waals surface area contributed by atoms with E-state index in [2.05, 4.69) is 54.5 Å². The van der Waals surface area contributed by atoms with Gasteiger partial charge in [-0.2, -0.15) is 4.91 Å². The van der Waals surface area contributed by atoms with Crippen molar-refractivity contribution in [3.05, 3.63) is 118 Å². The van der Waals surface area contributed by atoms with Crippen molar-refractivity contribution in [2.24, 2.45) is 5.18 Å². The van der Waals surface area contributed by atoms with Crippen LogP contribution in [0.2, 0.25) is 0 Å². The first-order chi connectivity index (χ1) is 22.7. The van der Waals surface area contributed by atoms with Gasteiger partial charge in [0.2, 0.25) is 0 Å². The minimum absolute atomic E-state index is 0.0173. The Balaban J connectivity index is 1.47. The van der Waals surface area contributed by atoms with E-state index in [9.17, 15) is 19.9 Å². The predicted octanol–water partition coefficient (Wildman–Crippen LogP) is 7.40. The predicted molar refractivity (Wildman–Crippen MR) is 191 cm³/mol. The number of β-amino-alcohol motifs (C(OH)–C–C–N with tert-alkyl or cyclic N) is 1. The van der Waals surface area contributed by atoms with Gasteiger partial charge in [-0.05, 0) is 69.1 Å². The number of aliphatic hydroxyl groups excluding tert-OH is 2. The van der Waals surface area contributed by atoms with Crippen molar-refractivity contribution >= 4 is 11.5 Å². The summed E-state index contributed by atoms with van der Waals surface area (Å²) in [7, 11) is 0. The summed E-state index contributed by atoms with van der Waals surface area (Å²) in [5.74, 6) is 0.0656. The first kappa shape index (κ1) is 36.2. The molecule has 2 N–H and O–H groups in total. The van der Waals surface area contributed by atoms with Gasteiger partial charge >= 0.3 is 0 Å². The molecule has 0 aliphatic heterocycles. The van der Waals surface area contributed by atoms with Crippen LogP contribution in [0.5, 0.6) is 0 Å². The molecular formula is C40H53N3O4. The highest BCUT2D eigenvalue weighted by atomic mass is 16.3. The Morgan fingerprint density at radius 2 is 1.55 bits per heavy atom. The molecule has 3 aromatic rings. The first-order valence-electron chi connectivity index (χ1n) is 17.2. The van der Waals surface area contributed by atoms with E-state index in [1.54, 1.807) is 0 Å². The summed E-state index contributed by atoms with van der Waals surface area (Å²) in [4.78, 5) is 29.3. The highest BCUT2D eigenvalue weighted by Gasteiger charge is 2.38. The lowest BCUT2D eigenvalue weighted by Gasteiger charge is -2.42. The van der Waals surface area contributed by atoms with E-state index in [4.69, 9.17) is 0 Å². The van der Waals surface area contributed by atoms with Crippen LogP contribution in [0.4, 0.5) is 0 Å². The normalized spacial score (nSPS) is 15.0. The second-order valence-electron chi connectivity index (χ2n) is 13.4. The van der Waals surface area contributed by atoms with Crippen LogP contribution in [0, 0.1) is 4.91 Å². The summed E-state index contributed by atoms with van der Waals surface area (Å²) in [6, 6.07) is 25.9. The van der Waals surface area contributed by atoms with Gasteiger partial charge in [0.25, 0.3) is 0 Å². The van der Waals surface area contributed by atoms with E-state index in [1.165, 1.54) is 0 Å². The van der Waals surface area contributed by atoms with E-state index in [1.807, 2.05) is 66.7 Å². The highest BCUT2D eigenvalue weighted by Crippen LogP contribution is 2.38. The third kappa shape index (κ3) is 8.83. The Kier molecular flexibility index (Phi) is 13.1. The Bertz CT molecular complexity index is 1470. The average molecular weight is 640 g/mol. The van der Waals surface area contributed by atoms with Gasteiger partial charge in [0, 0.05) is 35.5 Å². The number of carbonyl (C=O) groups is 1. The minimum atomic E-state index is -0.632. The Morgan fingerprint density at radius 1 is 0.936 bits per heavy atom. The summed E-state index contributed by atoms with van der Waals surface area (Å²) >= 11 is 0. The zero-order chi connectivity index (χ0) is 33.9. The number of nitroso groups, excluding NO2 is 1. The smallest absolute Gasteiger partial charge is 0.177 e. The maximum absolute atomic E-state index is 13.7. The largest absolute Gasteiger partial charge is 0.395 e. The van der Waals surface area contributed by atoms with Crippen LogP contribution in [0.15, 0.2) is 90.6 Å². The molecule has 0 heterocycles. The van der Waals surface area contributed by atoms with Gasteiger partial charge in [0.1, 0.15) is 0 Å². The van der Waals surface area contributed by atoms with Gasteiger partial charge in [-0.15, -0.1) is 0 Å². The molecule has 1 aliphatic carbocycles. The Labute approximate surface area is 281 Å². The van der Waals surface area contributed by atoms with E-state index >= 15 is 0 Å². The number of aryl methyl sites for hydroxylation is 1. The second kappa shape index (κ2) is 17.0. The van der Waals surface area contributed by atoms with Crippen molar-refractivity contribution in [1.29, 1.82) is 0 Å². The van der Waals surface area contributed by atoms with Crippen molar-refractivity contribution in [3.8, 4) is 0 Å². The zero-order valence-electron chi connectivity index (χ0n) is 28.5. The maximum atomic E-state index is 13.7. The number of aliphatic hydroxyl groups is 2. The molecule has 4 rings (SSSR count). The standard InChI is InChI=1S/C40H53N3O4/c1-5-40(23-13-14-24-40)42(27-28-44)30-38(46)37-20-12-9-15-32(37)21-22-35(45)29-33-16-10-11-19-36(33)31(2)43(26-25-41-47)39(3,4)34-17-7-6-8-18-34/h6-12,15-20,35,44-45H,2,5,13-14,21-30H2,1,3-4H3. The number of benzene rings is 3. The number of hydrogen-bond donors (Lipinski definition) is 2. The summed E-state index contributed by atoms with van der Waals surface area (Å²) < 4.78 is 0. The van der Waals surface area contributed by atoms with Crippen molar-refractivity contribution in [1.82, 2.24) is 9.80 Å². The van der Waals surface area contributed by atoms with Crippen molar-refractivity contribution < 1.29 is 15.0 Å². The Morgan fingerprint density at radius 3 is 2.19 bits per heavy atom. The van der Waals surface area contributed by atoms with Crippen LogP contribution in [-0.2, 0) is 18.4 Å². The number of hydrogen-bond acceptors (Lipinski definition) is 7. The molecule has 1 aliphatic rings.